The van der Waals surface area contributed by atoms with Crippen LogP contribution in [0, 0.1) is 17.8 Å². The van der Waals surface area contributed by atoms with Crippen LogP contribution >= 0.6 is 0 Å². The van der Waals surface area contributed by atoms with E-state index in [1.54, 1.807) is 39.5 Å². The number of aromatic nitrogens is 4. The highest BCUT2D eigenvalue weighted by Crippen LogP contribution is 2.37. The average molecular weight is 535 g/mol. The Morgan fingerprint density at radius 1 is 1.08 bits per heavy atom. The first-order valence-corrected chi connectivity index (χ1v) is 13.5. The Morgan fingerprint density at radius 3 is 2.39 bits per heavy atom. The summed E-state index contributed by atoms with van der Waals surface area (Å²) in [6, 6.07) is -1.51. The smallest absolute Gasteiger partial charge is 0.408 e. The van der Waals surface area contributed by atoms with E-state index < -0.39 is 29.7 Å². The number of carbonyl (C=O) groups excluding carboxylic acids is 4. The van der Waals surface area contributed by atoms with E-state index in [-0.39, 0.29) is 36.7 Å². The molecule has 38 heavy (non-hydrogen) atoms. The minimum Gasteiger partial charge on any atom is -0.444 e. The third-order valence-corrected chi connectivity index (χ3v) is 7.12. The molecule has 0 spiro atoms. The van der Waals surface area contributed by atoms with Crippen molar-refractivity contribution in [3.63, 3.8) is 0 Å². The van der Waals surface area contributed by atoms with Gasteiger partial charge in [0.05, 0.1) is 13.1 Å². The van der Waals surface area contributed by atoms with Crippen molar-refractivity contribution in [2.24, 2.45) is 17.8 Å². The summed E-state index contributed by atoms with van der Waals surface area (Å²) in [4.78, 5) is 53.1. The summed E-state index contributed by atoms with van der Waals surface area (Å²) in [5, 5.41) is 21.6. The highest BCUT2D eigenvalue weighted by Gasteiger charge is 2.42. The molecule has 2 fully saturated rings. The second-order valence-corrected chi connectivity index (χ2v) is 11.6. The summed E-state index contributed by atoms with van der Waals surface area (Å²) in [7, 11) is 0. The van der Waals surface area contributed by atoms with Crippen LogP contribution in [-0.4, -0.2) is 80.1 Å². The largest absolute Gasteiger partial charge is 0.444 e. The van der Waals surface area contributed by atoms with Gasteiger partial charge in [0, 0.05) is 6.54 Å². The summed E-state index contributed by atoms with van der Waals surface area (Å²) in [5.41, 5.74) is -0.706. The second kappa shape index (κ2) is 13.0. The number of aromatic amines is 1. The van der Waals surface area contributed by atoms with Gasteiger partial charge in [0.15, 0.2) is 5.82 Å². The van der Waals surface area contributed by atoms with Gasteiger partial charge in [0.2, 0.25) is 17.7 Å². The van der Waals surface area contributed by atoms with E-state index in [0.717, 1.165) is 12.8 Å². The number of alkyl carbamates (subject to hydrolysis) is 1. The Kier molecular flexibility index (Phi) is 10.0. The molecule has 13 nitrogen and oxygen atoms in total. The van der Waals surface area contributed by atoms with Crippen molar-refractivity contribution in [1.29, 1.82) is 0 Å². The fourth-order valence-corrected chi connectivity index (χ4v) is 5.22. The fourth-order valence-electron chi connectivity index (χ4n) is 5.22. The molecule has 1 aromatic rings. The van der Waals surface area contributed by atoms with Gasteiger partial charge in [-0.3, -0.25) is 14.4 Å². The average Bonchev–Trinajstić information content (AvgIpc) is 3.54. The van der Waals surface area contributed by atoms with Gasteiger partial charge in [-0.05, 0) is 44.9 Å². The molecule has 13 heteroatoms. The molecule has 1 aliphatic heterocycles. The zero-order valence-corrected chi connectivity index (χ0v) is 23.1. The van der Waals surface area contributed by atoms with E-state index in [4.69, 9.17) is 4.74 Å². The van der Waals surface area contributed by atoms with E-state index in [1.807, 2.05) is 0 Å². The quantitative estimate of drug-likeness (QED) is 0.367. The van der Waals surface area contributed by atoms with Gasteiger partial charge in [0.25, 0.3) is 0 Å². The van der Waals surface area contributed by atoms with Gasteiger partial charge in [-0.15, -0.1) is 10.2 Å². The lowest BCUT2D eigenvalue weighted by Gasteiger charge is -2.28. The van der Waals surface area contributed by atoms with E-state index in [0.29, 0.717) is 24.7 Å². The van der Waals surface area contributed by atoms with Crippen molar-refractivity contribution in [3.05, 3.63) is 5.82 Å². The number of tetrazole rings is 1. The molecule has 0 unspecified atom stereocenters. The van der Waals surface area contributed by atoms with E-state index in [9.17, 15) is 19.2 Å². The number of H-pyrrole nitrogens is 1. The molecule has 1 saturated heterocycles. The monoisotopic (exact) mass is 534 g/mol. The van der Waals surface area contributed by atoms with Crippen molar-refractivity contribution in [2.75, 3.05) is 13.1 Å². The number of ether oxygens (including phenoxy) is 1. The number of carbonyl (C=O) groups is 4. The number of hydrogen-bond acceptors (Lipinski definition) is 8. The molecule has 3 atom stereocenters. The molecule has 212 valence electrons. The summed E-state index contributed by atoms with van der Waals surface area (Å²) in [6.07, 6.45) is 5.64. The first kappa shape index (κ1) is 29.3. The SMILES string of the molecule is CC(C)[C@H](NC(=O)OC(C)(C)C)C(=O)NCC(=O)N1C[C@H](C2CCCCC2)C[C@H]1C(=O)NCc1nn[nH]n1. The molecule has 0 bridgehead atoms. The highest BCUT2D eigenvalue weighted by atomic mass is 16.6. The van der Waals surface area contributed by atoms with Crippen molar-refractivity contribution in [1.82, 2.24) is 41.5 Å². The topological polar surface area (TPSA) is 171 Å². The number of nitrogens with zero attached hydrogens (tertiary/aromatic N) is 4. The number of nitrogens with one attached hydrogen (secondary N) is 4. The molecule has 2 aliphatic rings. The molecule has 4 N–H and O–H groups in total. The Hall–Kier alpha value is -3.25. The van der Waals surface area contributed by atoms with Crippen molar-refractivity contribution < 1.29 is 23.9 Å². The lowest BCUT2D eigenvalue weighted by Crippen LogP contribution is -2.53. The lowest BCUT2D eigenvalue weighted by atomic mass is 9.79. The van der Waals surface area contributed by atoms with Crippen LogP contribution in [0.5, 0.6) is 0 Å². The van der Waals surface area contributed by atoms with Gasteiger partial charge in [-0.25, -0.2) is 4.79 Å². The van der Waals surface area contributed by atoms with Crippen LogP contribution in [0.15, 0.2) is 0 Å². The molecule has 1 aromatic heterocycles. The normalized spacial score (nSPS) is 21.2. The predicted octanol–water partition coefficient (Wildman–Crippen LogP) is 1.28. The third-order valence-electron chi connectivity index (χ3n) is 7.12. The zero-order valence-electron chi connectivity index (χ0n) is 23.1. The number of amides is 4. The maximum Gasteiger partial charge on any atom is 0.408 e. The van der Waals surface area contributed by atoms with E-state index in [2.05, 4.69) is 36.6 Å². The summed E-state index contributed by atoms with van der Waals surface area (Å²) >= 11 is 0. The first-order valence-electron chi connectivity index (χ1n) is 13.5. The van der Waals surface area contributed by atoms with Gasteiger partial charge in [-0.1, -0.05) is 51.2 Å². The van der Waals surface area contributed by atoms with Crippen molar-refractivity contribution in [3.8, 4) is 0 Å². The number of likely N-dealkylation sites (tertiary alicyclic amines) is 1. The van der Waals surface area contributed by atoms with E-state index >= 15 is 0 Å². The van der Waals surface area contributed by atoms with Gasteiger partial charge in [-0.2, -0.15) is 5.21 Å². The van der Waals surface area contributed by atoms with Crippen molar-refractivity contribution >= 4 is 23.8 Å². The van der Waals surface area contributed by atoms with Crippen LogP contribution in [0.1, 0.15) is 79.0 Å². The van der Waals surface area contributed by atoms with Crippen LogP contribution in [-0.2, 0) is 25.7 Å². The standard InChI is InChI=1S/C25H42N8O5/c1-15(2)21(28-24(37)38-25(3,4)5)23(36)27-13-20(34)33-14-17(16-9-7-6-8-10-16)11-18(33)22(35)26-12-19-29-31-32-30-19/h15-18,21H,6-14H2,1-5H3,(H,26,35)(H,27,36)(H,28,37)(H,29,30,31,32)/t17-,18+,21+/m1/s1. The fraction of sp³-hybridized carbons (Fsp3) is 0.800. The van der Waals surface area contributed by atoms with Crippen LogP contribution < -0.4 is 16.0 Å². The van der Waals surface area contributed by atoms with Crippen molar-refractivity contribution in [2.45, 2.75) is 97.4 Å². The number of rotatable bonds is 9. The van der Waals surface area contributed by atoms with Crippen LogP contribution in [0.4, 0.5) is 4.79 Å². The summed E-state index contributed by atoms with van der Waals surface area (Å²) in [5.74, 6) is -0.276. The summed E-state index contributed by atoms with van der Waals surface area (Å²) < 4.78 is 5.27. The number of hydrogen-bond donors (Lipinski definition) is 4. The van der Waals surface area contributed by atoms with Gasteiger partial charge < -0.3 is 25.6 Å². The minimum atomic E-state index is -0.875. The molecule has 3 rings (SSSR count). The Labute approximate surface area is 223 Å². The molecular formula is C25H42N8O5. The predicted molar refractivity (Wildman–Crippen MR) is 137 cm³/mol. The third kappa shape index (κ3) is 8.38. The maximum atomic E-state index is 13.3. The Morgan fingerprint density at radius 2 is 1.79 bits per heavy atom. The van der Waals surface area contributed by atoms with Crippen LogP contribution in [0.25, 0.3) is 0 Å². The molecule has 0 radical (unpaired) electrons. The lowest BCUT2D eigenvalue weighted by molar-refractivity contribution is -0.139. The molecule has 0 aromatic carbocycles. The molecule has 1 aliphatic carbocycles. The molecular weight excluding hydrogens is 492 g/mol. The minimum absolute atomic E-state index is 0.102. The van der Waals surface area contributed by atoms with Crippen LogP contribution in [0.2, 0.25) is 0 Å². The molecule has 4 amide bonds. The zero-order chi connectivity index (χ0) is 27.9. The second-order valence-electron chi connectivity index (χ2n) is 11.6. The first-order chi connectivity index (χ1) is 17.9. The summed E-state index contributed by atoms with van der Waals surface area (Å²) in [6.45, 7) is 9.10. The highest BCUT2D eigenvalue weighted by molar-refractivity contribution is 5.92. The molecule has 2 heterocycles. The Bertz CT molecular complexity index is 955. The maximum absolute atomic E-state index is 13.3. The molecule has 1 saturated carbocycles. The Balaban J connectivity index is 1.62. The van der Waals surface area contributed by atoms with Gasteiger partial charge in [0.1, 0.15) is 17.7 Å². The van der Waals surface area contributed by atoms with Crippen LogP contribution in [0.3, 0.4) is 0 Å². The van der Waals surface area contributed by atoms with Gasteiger partial charge >= 0.3 is 6.09 Å². The van der Waals surface area contributed by atoms with E-state index in [1.165, 1.54) is 19.3 Å².